The number of aryl methyl sites for hydroxylation is 1. The molecule has 158 valence electrons. The molecule has 1 atom stereocenters. The molecule has 0 radical (unpaired) electrons. The number of nitrogens with one attached hydrogen (secondary N) is 1. The molecular weight excluding hydrogens is 388 g/mol. The van der Waals surface area contributed by atoms with Gasteiger partial charge >= 0.3 is 0 Å². The van der Waals surface area contributed by atoms with Gasteiger partial charge in [0, 0.05) is 44.0 Å². The van der Waals surface area contributed by atoms with E-state index in [2.05, 4.69) is 32.1 Å². The van der Waals surface area contributed by atoms with Crippen LogP contribution in [0.1, 0.15) is 51.6 Å². The smallest absolute Gasteiger partial charge is 0.275 e. The third kappa shape index (κ3) is 4.45. The van der Waals surface area contributed by atoms with Crippen molar-refractivity contribution < 1.29 is 4.79 Å². The number of nitrogens with zero attached hydrogens (tertiary/aromatic N) is 5. The first kappa shape index (κ1) is 20.3. The van der Waals surface area contributed by atoms with Gasteiger partial charge in [-0.3, -0.25) is 14.5 Å². The molecule has 1 N–H and O–H groups in total. The number of hydrogen-bond acceptors (Lipinski definition) is 7. The minimum absolute atomic E-state index is 0.114. The van der Waals surface area contributed by atoms with Crippen molar-refractivity contribution in [2.45, 2.75) is 64.5 Å². The van der Waals surface area contributed by atoms with Crippen LogP contribution in [0.15, 0.2) is 10.9 Å². The highest BCUT2D eigenvalue weighted by Gasteiger charge is 2.28. The lowest BCUT2D eigenvalue weighted by Gasteiger charge is -2.37. The Kier molecular flexibility index (Phi) is 6.15. The Bertz CT molecular complexity index is 911. The van der Waals surface area contributed by atoms with E-state index in [4.69, 9.17) is 0 Å². The number of rotatable bonds is 6. The minimum atomic E-state index is -0.117. The van der Waals surface area contributed by atoms with E-state index in [1.165, 1.54) is 28.7 Å². The minimum Gasteiger partial charge on any atom is -0.352 e. The highest BCUT2D eigenvalue weighted by Crippen LogP contribution is 2.23. The fourth-order valence-corrected chi connectivity index (χ4v) is 5.19. The van der Waals surface area contributed by atoms with Crippen LogP contribution in [0.4, 0.5) is 5.13 Å². The van der Waals surface area contributed by atoms with Crippen molar-refractivity contribution in [1.82, 2.24) is 24.8 Å². The predicted octanol–water partition coefficient (Wildman–Crippen LogP) is 1.67. The van der Waals surface area contributed by atoms with Gasteiger partial charge in [0.2, 0.25) is 16.0 Å². The summed E-state index contributed by atoms with van der Waals surface area (Å²) in [5.74, 6) is 0.143. The van der Waals surface area contributed by atoms with Crippen LogP contribution < -0.4 is 15.8 Å². The molecule has 0 spiro atoms. The summed E-state index contributed by atoms with van der Waals surface area (Å²) >= 11 is 1.46. The van der Waals surface area contributed by atoms with E-state index in [9.17, 15) is 9.59 Å². The zero-order valence-corrected chi connectivity index (χ0v) is 18.1. The Morgan fingerprint density at radius 3 is 2.69 bits per heavy atom. The molecule has 1 saturated carbocycles. The fraction of sp³-hybridized carbons (Fsp3) is 0.700. The van der Waals surface area contributed by atoms with Crippen LogP contribution in [0.25, 0.3) is 4.96 Å². The third-order valence-corrected chi connectivity index (χ3v) is 6.98. The second kappa shape index (κ2) is 8.79. The van der Waals surface area contributed by atoms with Gasteiger partial charge in [-0.25, -0.2) is 4.98 Å². The monoisotopic (exact) mass is 418 g/mol. The lowest BCUT2D eigenvalue weighted by atomic mass is 10.2. The topological polar surface area (TPSA) is 82.8 Å². The van der Waals surface area contributed by atoms with Gasteiger partial charge in [-0.1, -0.05) is 37.5 Å². The summed E-state index contributed by atoms with van der Waals surface area (Å²) < 4.78 is 1.41. The van der Waals surface area contributed by atoms with E-state index < -0.39 is 0 Å². The molecule has 1 aliphatic heterocycles. The SMILES string of the molecule is CCCc1cc(=O)n2nc(N3CCN(C(C)C(=O)NC4CCCC4)CC3)sc2n1. The van der Waals surface area contributed by atoms with Crippen molar-refractivity contribution in [3.63, 3.8) is 0 Å². The van der Waals surface area contributed by atoms with Gasteiger partial charge in [-0.15, -0.1) is 5.10 Å². The van der Waals surface area contributed by atoms with Gasteiger partial charge in [0.15, 0.2) is 0 Å². The highest BCUT2D eigenvalue weighted by atomic mass is 32.1. The largest absolute Gasteiger partial charge is 0.352 e. The molecule has 0 aromatic carbocycles. The standard InChI is InChI=1S/C20H30N6O2S/c1-3-6-16-13-17(27)26-19(22-16)29-20(23-26)25-11-9-24(10-12-25)14(2)18(28)21-15-7-4-5-8-15/h13-15H,3-12H2,1-2H3,(H,21,28). The maximum absolute atomic E-state index is 12.6. The summed E-state index contributed by atoms with van der Waals surface area (Å²) in [6, 6.07) is 1.83. The number of carbonyl (C=O) groups excluding carboxylic acids is 1. The van der Waals surface area contributed by atoms with Crippen molar-refractivity contribution in [3.8, 4) is 0 Å². The summed E-state index contributed by atoms with van der Waals surface area (Å²) in [6.07, 6.45) is 6.42. The first-order valence-corrected chi connectivity index (χ1v) is 11.6. The summed E-state index contributed by atoms with van der Waals surface area (Å²) in [4.78, 5) is 34.6. The van der Waals surface area contributed by atoms with Crippen molar-refractivity contribution >= 4 is 27.3 Å². The number of fused-ring (bicyclic) bond motifs is 1. The van der Waals surface area contributed by atoms with Gasteiger partial charge in [0.05, 0.1) is 6.04 Å². The van der Waals surface area contributed by atoms with Crippen LogP contribution in [0.3, 0.4) is 0 Å². The van der Waals surface area contributed by atoms with Crippen LogP contribution in [-0.2, 0) is 11.2 Å². The zero-order valence-electron chi connectivity index (χ0n) is 17.3. The summed E-state index contributed by atoms with van der Waals surface area (Å²) in [6.45, 7) is 7.26. The molecule has 3 heterocycles. The Morgan fingerprint density at radius 2 is 2.00 bits per heavy atom. The number of anilines is 1. The highest BCUT2D eigenvalue weighted by molar-refractivity contribution is 7.20. The predicted molar refractivity (Wildman–Crippen MR) is 115 cm³/mol. The first-order chi connectivity index (χ1) is 14.0. The number of amides is 1. The molecule has 0 bridgehead atoms. The molecular formula is C20H30N6O2S. The van der Waals surface area contributed by atoms with Crippen LogP contribution in [0, 0.1) is 0 Å². The Morgan fingerprint density at radius 1 is 1.28 bits per heavy atom. The van der Waals surface area contributed by atoms with E-state index in [-0.39, 0.29) is 17.5 Å². The third-order valence-electron chi connectivity index (χ3n) is 6.01. The lowest BCUT2D eigenvalue weighted by molar-refractivity contribution is -0.126. The van der Waals surface area contributed by atoms with Gasteiger partial charge in [-0.05, 0) is 26.2 Å². The Balaban J connectivity index is 1.38. The normalized spacial score (nSPS) is 19.7. The van der Waals surface area contributed by atoms with Crippen molar-refractivity contribution in [2.24, 2.45) is 0 Å². The van der Waals surface area contributed by atoms with Crippen LogP contribution in [0.5, 0.6) is 0 Å². The van der Waals surface area contributed by atoms with E-state index >= 15 is 0 Å². The summed E-state index contributed by atoms with van der Waals surface area (Å²) in [5, 5.41) is 8.53. The average molecular weight is 419 g/mol. The molecule has 2 aromatic rings. The quantitative estimate of drug-likeness (QED) is 0.768. The average Bonchev–Trinajstić information content (AvgIpc) is 3.38. The molecule has 29 heavy (non-hydrogen) atoms. The number of piperazine rings is 1. The molecule has 2 aromatic heterocycles. The maximum atomic E-state index is 12.6. The Labute approximate surface area is 174 Å². The zero-order chi connectivity index (χ0) is 20.4. The van der Waals surface area contributed by atoms with Crippen molar-refractivity contribution in [3.05, 3.63) is 22.1 Å². The van der Waals surface area contributed by atoms with Crippen LogP contribution in [-0.4, -0.2) is 63.7 Å². The fourth-order valence-electron chi connectivity index (χ4n) is 4.22. The Hall–Kier alpha value is -2.00. The van der Waals surface area contributed by atoms with Gasteiger partial charge in [0.25, 0.3) is 5.56 Å². The molecule has 1 saturated heterocycles. The van der Waals surface area contributed by atoms with Crippen molar-refractivity contribution in [2.75, 3.05) is 31.1 Å². The molecule has 9 heteroatoms. The van der Waals surface area contributed by atoms with E-state index in [0.717, 1.165) is 62.7 Å². The van der Waals surface area contributed by atoms with Crippen LogP contribution >= 0.6 is 11.3 Å². The summed E-state index contributed by atoms with van der Waals surface area (Å²) in [7, 11) is 0. The summed E-state index contributed by atoms with van der Waals surface area (Å²) in [5.41, 5.74) is 0.719. The molecule has 4 rings (SSSR count). The molecule has 1 amide bonds. The second-order valence-electron chi connectivity index (χ2n) is 8.10. The van der Waals surface area contributed by atoms with Crippen molar-refractivity contribution in [1.29, 1.82) is 0 Å². The maximum Gasteiger partial charge on any atom is 0.275 e. The molecule has 2 fully saturated rings. The van der Waals surface area contributed by atoms with E-state index in [0.29, 0.717) is 11.0 Å². The number of hydrogen-bond donors (Lipinski definition) is 1. The number of carbonyl (C=O) groups is 1. The first-order valence-electron chi connectivity index (χ1n) is 10.7. The van der Waals surface area contributed by atoms with E-state index in [1.807, 2.05) is 6.92 Å². The van der Waals surface area contributed by atoms with Gasteiger partial charge in [-0.2, -0.15) is 4.52 Å². The van der Waals surface area contributed by atoms with Gasteiger partial charge in [0.1, 0.15) is 0 Å². The molecule has 1 aliphatic carbocycles. The second-order valence-corrected chi connectivity index (χ2v) is 9.04. The molecule has 2 aliphatic rings. The van der Waals surface area contributed by atoms with Crippen LogP contribution in [0.2, 0.25) is 0 Å². The van der Waals surface area contributed by atoms with E-state index in [1.54, 1.807) is 6.07 Å². The lowest BCUT2D eigenvalue weighted by Crippen LogP contribution is -2.54. The van der Waals surface area contributed by atoms with Gasteiger partial charge < -0.3 is 10.2 Å². The molecule has 8 nitrogen and oxygen atoms in total. The number of aromatic nitrogens is 3. The molecule has 1 unspecified atom stereocenters.